The van der Waals surface area contributed by atoms with Crippen molar-refractivity contribution in [3.8, 4) is 5.75 Å². The minimum absolute atomic E-state index is 0.140. The normalized spacial score (nSPS) is 10.7. The summed E-state index contributed by atoms with van der Waals surface area (Å²) in [5.41, 5.74) is 4.62. The third-order valence-electron chi connectivity index (χ3n) is 3.46. The summed E-state index contributed by atoms with van der Waals surface area (Å²) in [6, 6.07) is 17.7. The summed E-state index contributed by atoms with van der Waals surface area (Å²) >= 11 is 1.50. The number of aromatic nitrogens is 1. The van der Waals surface area contributed by atoms with E-state index in [-0.39, 0.29) is 5.91 Å². The molecule has 126 valence electrons. The Bertz CT molecular complexity index is 830. The molecule has 0 aliphatic carbocycles. The van der Waals surface area contributed by atoms with Gasteiger partial charge in [-0.2, -0.15) is 0 Å². The standard InChI is InChI=1S/C20H18N2O2S/c23-20(10-9-18-14-25-15-22-18)21-12-16-5-4-6-17(11-16)13-24-19-7-2-1-3-8-19/h1-11,14-15H,12-13H2,(H,21,23)/b10-9+. The predicted octanol–water partition coefficient (Wildman–Crippen LogP) is 4.05. The van der Waals surface area contributed by atoms with Gasteiger partial charge in [0.2, 0.25) is 5.91 Å². The van der Waals surface area contributed by atoms with Gasteiger partial charge < -0.3 is 10.1 Å². The van der Waals surface area contributed by atoms with E-state index < -0.39 is 0 Å². The van der Waals surface area contributed by atoms with Crippen molar-refractivity contribution < 1.29 is 9.53 Å². The largest absolute Gasteiger partial charge is 0.489 e. The molecule has 3 aromatic rings. The number of amides is 1. The number of thiazole rings is 1. The number of hydrogen-bond donors (Lipinski definition) is 1. The molecule has 2 aromatic carbocycles. The number of nitrogens with zero attached hydrogens (tertiary/aromatic N) is 1. The smallest absolute Gasteiger partial charge is 0.244 e. The molecule has 1 N–H and O–H groups in total. The molecule has 0 radical (unpaired) electrons. The average molecular weight is 350 g/mol. The Hall–Kier alpha value is -2.92. The van der Waals surface area contributed by atoms with Crippen molar-refractivity contribution in [1.82, 2.24) is 10.3 Å². The first-order valence-corrected chi connectivity index (χ1v) is 8.84. The summed E-state index contributed by atoms with van der Waals surface area (Å²) in [6.45, 7) is 0.967. The van der Waals surface area contributed by atoms with E-state index >= 15 is 0 Å². The van der Waals surface area contributed by atoms with E-state index in [0.29, 0.717) is 13.2 Å². The first-order valence-electron chi connectivity index (χ1n) is 7.89. The molecule has 0 fully saturated rings. The van der Waals surface area contributed by atoms with Gasteiger partial charge in [-0.1, -0.05) is 42.5 Å². The van der Waals surface area contributed by atoms with Gasteiger partial charge in [-0.15, -0.1) is 11.3 Å². The Balaban J connectivity index is 1.50. The van der Waals surface area contributed by atoms with E-state index in [9.17, 15) is 4.79 Å². The fourth-order valence-corrected chi connectivity index (χ4v) is 2.75. The van der Waals surface area contributed by atoms with E-state index in [1.807, 2.05) is 60.0 Å². The lowest BCUT2D eigenvalue weighted by molar-refractivity contribution is -0.116. The first kappa shape index (κ1) is 16.9. The second-order valence-corrected chi connectivity index (χ2v) is 6.10. The van der Waals surface area contributed by atoms with Gasteiger partial charge in [0.25, 0.3) is 0 Å². The van der Waals surface area contributed by atoms with Gasteiger partial charge in [0.15, 0.2) is 0 Å². The lowest BCUT2D eigenvalue weighted by atomic mass is 10.1. The molecule has 4 nitrogen and oxygen atoms in total. The van der Waals surface area contributed by atoms with E-state index in [1.165, 1.54) is 17.4 Å². The second kappa shape index (κ2) is 8.80. The van der Waals surface area contributed by atoms with Crippen LogP contribution < -0.4 is 10.1 Å². The van der Waals surface area contributed by atoms with Crippen LogP contribution in [0.2, 0.25) is 0 Å². The highest BCUT2D eigenvalue weighted by atomic mass is 32.1. The summed E-state index contributed by atoms with van der Waals surface area (Å²) in [5.74, 6) is 0.701. The minimum Gasteiger partial charge on any atom is -0.489 e. The average Bonchev–Trinajstić information content (AvgIpc) is 3.18. The maximum absolute atomic E-state index is 11.9. The zero-order chi connectivity index (χ0) is 17.3. The van der Waals surface area contributed by atoms with Crippen LogP contribution in [0.3, 0.4) is 0 Å². The van der Waals surface area contributed by atoms with Gasteiger partial charge in [0.1, 0.15) is 12.4 Å². The zero-order valence-corrected chi connectivity index (χ0v) is 14.4. The molecule has 5 heteroatoms. The van der Waals surface area contributed by atoms with Crippen LogP contribution in [-0.4, -0.2) is 10.9 Å². The molecule has 1 aromatic heterocycles. The van der Waals surface area contributed by atoms with Crippen molar-refractivity contribution in [1.29, 1.82) is 0 Å². The van der Waals surface area contributed by atoms with Crippen molar-refractivity contribution in [3.63, 3.8) is 0 Å². The van der Waals surface area contributed by atoms with Crippen LogP contribution >= 0.6 is 11.3 Å². The number of ether oxygens (including phenoxy) is 1. The van der Waals surface area contributed by atoms with Gasteiger partial charge in [-0.3, -0.25) is 4.79 Å². The summed E-state index contributed by atoms with van der Waals surface area (Å²) < 4.78 is 5.75. The summed E-state index contributed by atoms with van der Waals surface area (Å²) in [5, 5.41) is 4.76. The number of benzene rings is 2. The molecule has 1 heterocycles. The number of carbonyl (C=O) groups excluding carboxylic acids is 1. The van der Waals surface area contributed by atoms with Crippen molar-refractivity contribution in [2.24, 2.45) is 0 Å². The van der Waals surface area contributed by atoms with Crippen molar-refractivity contribution in [2.45, 2.75) is 13.2 Å². The van der Waals surface area contributed by atoms with Crippen molar-refractivity contribution in [3.05, 3.63) is 88.4 Å². The zero-order valence-electron chi connectivity index (χ0n) is 13.6. The van der Waals surface area contributed by atoms with E-state index in [1.54, 1.807) is 11.6 Å². The van der Waals surface area contributed by atoms with Gasteiger partial charge >= 0.3 is 0 Å². The van der Waals surface area contributed by atoms with E-state index in [4.69, 9.17) is 4.74 Å². The molecular weight excluding hydrogens is 332 g/mol. The minimum atomic E-state index is -0.140. The lowest BCUT2D eigenvalue weighted by Crippen LogP contribution is -2.20. The molecule has 0 saturated carbocycles. The van der Waals surface area contributed by atoms with E-state index in [0.717, 1.165) is 22.6 Å². The molecule has 0 aliphatic heterocycles. The third-order valence-corrected chi connectivity index (χ3v) is 4.07. The number of nitrogens with one attached hydrogen (secondary N) is 1. The summed E-state index contributed by atoms with van der Waals surface area (Å²) in [6.07, 6.45) is 3.20. The lowest BCUT2D eigenvalue weighted by Gasteiger charge is -2.08. The Labute approximate surface area is 150 Å². The Morgan fingerprint density at radius 3 is 2.76 bits per heavy atom. The molecule has 0 aliphatic rings. The maximum Gasteiger partial charge on any atom is 0.244 e. The molecular formula is C20H18N2O2S. The molecule has 0 atom stereocenters. The number of rotatable bonds is 7. The molecule has 0 unspecified atom stereocenters. The van der Waals surface area contributed by atoms with Gasteiger partial charge in [0.05, 0.1) is 11.2 Å². The molecule has 0 bridgehead atoms. The molecule has 3 rings (SSSR count). The SMILES string of the molecule is O=C(/C=C/c1cscn1)NCc1cccc(COc2ccccc2)c1. The monoisotopic (exact) mass is 350 g/mol. The number of carbonyl (C=O) groups is 1. The van der Waals surface area contributed by atoms with Crippen molar-refractivity contribution in [2.75, 3.05) is 0 Å². The topological polar surface area (TPSA) is 51.2 Å². The quantitative estimate of drug-likeness (QED) is 0.654. The summed E-state index contributed by atoms with van der Waals surface area (Å²) in [4.78, 5) is 16.0. The highest BCUT2D eigenvalue weighted by Crippen LogP contribution is 2.12. The predicted molar refractivity (Wildman–Crippen MR) is 100 cm³/mol. The molecule has 0 saturated heterocycles. The highest BCUT2D eigenvalue weighted by molar-refractivity contribution is 7.07. The van der Waals surface area contributed by atoms with Gasteiger partial charge in [-0.05, 0) is 29.3 Å². The van der Waals surface area contributed by atoms with Gasteiger partial charge in [-0.25, -0.2) is 4.98 Å². The Morgan fingerprint density at radius 1 is 1.12 bits per heavy atom. The maximum atomic E-state index is 11.9. The highest BCUT2D eigenvalue weighted by Gasteiger charge is 2.00. The van der Waals surface area contributed by atoms with Gasteiger partial charge in [0, 0.05) is 18.0 Å². The van der Waals surface area contributed by atoms with Crippen LogP contribution in [-0.2, 0) is 17.9 Å². The van der Waals surface area contributed by atoms with Crippen LogP contribution in [0, 0.1) is 0 Å². The first-order chi connectivity index (χ1) is 12.3. The van der Waals surface area contributed by atoms with Crippen molar-refractivity contribution >= 4 is 23.3 Å². The second-order valence-electron chi connectivity index (χ2n) is 5.39. The molecule has 0 spiro atoms. The fraction of sp³-hybridized carbons (Fsp3) is 0.100. The number of hydrogen-bond acceptors (Lipinski definition) is 4. The number of para-hydroxylation sites is 1. The molecule has 25 heavy (non-hydrogen) atoms. The van der Waals surface area contributed by atoms with Crippen LogP contribution in [0.4, 0.5) is 0 Å². The van der Waals surface area contributed by atoms with E-state index in [2.05, 4.69) is 10.3 Å². The fourth-order valence-electron chi connectivity index (χ4n) is 2.23. The van der Waals surface area contributed by atoms with Crippen LogP contribution in [0.15, 0.2) is 71.6 Å². The summed E-state index contributed by atoms with van der Waals surface area (Å²) in [7, 11) is 0. The third kappa shape index (κ3) is 5.58. The van der Waals surface area contributed by atoms with Crippen LogP contribution in [0.1, 0.15) is 16.8 Å². The van der Waals surface area contributed by atoms with Crippen LogP contribution in [0.5, 0.6) is 5.75 Å². The molecule has 1 amide bonds. The Kier molecular flexibility index (Phi) is 5.96. The Morgan fingerprint density at radius 2 is 1.96 bits per heavy atom. The van der Waals surface area contributed by atoms with Crippen LogP contribution in [0.25, 0.3) is 6.08 Å².